The van der Waals surface area contributed by atoms with Crippen molar-refractivity contribution in [2.45, 2.75) is 18.6 Å². The smallest absolute Gasteiger partial charge is 0.337 e. The SMILES string of the molecule is CC1(C)C(=O)N(c2c(Br)cc(Br)cc2C(=O)O)S1(=O)=O. The molecular weight excluding hydrogens is 418 g/mol. The van der Waals surface area contributed by atoms with Gasteiger partial charge in [-0.3, -0.25) is 4.79 Å². The number of carbonyl (C=O) groups is 2. The van der Waals surface area contributed by atoms with Crippen LogP contribution in [-0.4, -0.2) is 30.1 Å². The van der Waals surface area contributed by atoms with Gasteiger partial charge >= 0.3 is 5.97 Å². The number of anilines is 1. The molecule has 1 aliphatic rings. The summed E-state index contributed by atoms with van der Waals surface area (Å²) >= 11 is 6.23. The maximum atomic E-state index is 12.2. The van der Waals surface area contributed by atoms with Gasteiger partial charge in [0.25, 0.3) is 15.9 Å². The molecule has 6 nitrogen and oxygen atoms in total. The minimum Gasteiger partial charge on any atom is -0.478 e. The summed E-state index contributed by atoms with van der Waals surface area (Å²) in [5.41, 5.74) is -0.455. The van der Waals surface area contributed by atoms with Crippen molar-refractivity contribution in [3.8, 4) is 0 Å². The Morgan fingerprint density at radius 2 is 1.85 bits per heavy atom. The van der Waals surface area contributed by atoms with Crippen LogP contribution in [0, 0.1) is 0 Å². The number of carboxylic acids is 1. The van der Waals surface area contributed by atoms with Crippen molar-refractivity contribution in [3.63, 3.8) is 0 Å². The fraction of sp³-hybridized carbons (Fsp3) is 0.273. The van der Waals surface area contributed by atoms with Crippen molar-refractivity contribution in [1.82, 2.24) is 0 Å². The molecule has 1 fully saturated rings. The van der Waals surface area contributed by atoms with Gasteiger partial charge in [-0.1, -0.05) is 15.9 Å². The van der Waals surface area contributed by atoms with E-state index in [2.05, 4.69) is 31.9 Å². The summed E-state index contributed by atoms with van der Waals surface area (Å²) in [7, 11) is -3.92. The van der Waals surface area contributed by atoms with E-state index in [1.165, 1.54) is 26.0 Å². The molecule has 0 radical (unpaired) electrons. The van der Waals surface area contributed by atoms with Gasteiger partial charge in [0, 0.05) is 8.95 Å². The Morgan fingerprint density at radius 3 is 2.30 bits per heavy atom. The summed E-state index contributed by atoms with van der Waals surface area (Å²) in [5, 5.41) is 9.20. The van der Waals surface area contributed by atoms with Gasteiger partial charge in [0.05, 0.1) is 11.3 Å². The van der Waals surface area contributed by atoms with E-state index < -0.39 is 26.6 Å². The van der Waals surface area contributed by atoms with E-state index in [1.54, 1.807) is 0 Å². The van der Waals surface area contributed by atoms with Gasteiger partial charge in [-0.05, 0) is 41.9 Å². The summed E-state index contributed by atoms with van der Waals surface area (Å²) in [4.78, 5) is 23.3. The third kappa shape index (κ3) is 1.91. The van der Waals surface area contributed by atoms with Gasteiger partial charge in [-0.15, -0.1) is 0 Å². The second-order valence-corrected chi connectivity index (χ2v) is 8.78. The quantitative estimate of drug-likeness (QED) is 0.783. The normalized spacial score (nSPS) is 19.6. The Labute approximate surface area is 132 Å². The maximum Gasteiger partial charge on any atom is 0.337 e. The molecule has 1 amide bonds. The van der Waals surface area contributed by atoms with Gasteiger partial charge in [0.2, 0.25) is 0 Å². The fourth-order valence-electron chi connectivity index (χ4n) is 1.81. The molecule has 1 N–H and O–H groups in total. The molecule has 1 saturated heterocycles. The number of rotatable bonds is 2. The highest BCUT2D eigenvalue weighted by molar-refractivity contribution is 9.11. The number of hydrogen-bond donors (Lipinski definition) is 1. The molecule has 0 aromatic heterocycles. The summed E-state index contributed by atoms with van der Waals surface area (Å²) in [6.45, 7) is 2.57. The number of sulfonamides is 1. The van der Waals surface area contributed by atoms with Crippen molar-refractivity contribution >= 4 is 59.4 Å². The molecule has 0 unspecified atom stereocenters. The molecule has 0 atom stereocenters. The summed E-state index contributed by atoms with van der Waals surface area (Å²) in [6.07, 6.45) is 0. The molecule has 1 aromatic rings. The Balaban J connectivity index is 2.73. The molecule has 108 valence electrons. The van der Waals surface area contributed by atoms with Crippen LogP contribution in [0.25, 0.3) is 0 Å². The molecule has 2 rings (SSSR count). The van der Waals surface area contributed by atoms with E-state index in [4.69, 9.17) is 0 Å². The largest absolute Gasteiger partial charge is 0.478 e. The predicted octanol–water partition coefficient (Wildman–Crippen LogP) is 2.36. The number of halogens is 2. The highest BCUT2D eigenvalue weighted by Gasteiger charge is 2.61. The molecule has 0 bridgehead atoms. The Hall–Kier alpha value is -0.930. The zero-order valence-electron chi connectivity index (χ0n) is 10.3. The summed E-state index contributed by atoms with van der Waals surface area (Å²) < 4.78 is 24.0. The van der Waals surface area contributed by atoms with Crippen molar-refractivity contribution in [2.24, 2.45) is 0 Å². The standard InChI is InChI=1S/C11H9Br2NO5S/c1-11(2)10(17)14(20(11,18)19)8-6(9(15)16)3-5(12)4-7(8)13/h3-4H,1-2H3,(H,15,16). The van der Waals surface area contributed by atoms with Gasteiger partial charge in [-0.25, -0.2) is 17.5 Å². The molecule has 1 aliphatic heterocycles. The van der Waals surface area contributed by atoms with Crippen molar-refractivity contribution in [2.75, 3.05) is 4.31 Å². The topological polar surface area (TPSA) is 91.8 Å². The molecule has 0 saturated carbocycles. The van der Waals surface area contributed by atoms with Crippen LogP contribution in [-0.2, 0) is 14.8 Å². The van der Waals surface area contributed by atoms with Gasteiger partial charge in [0.15, 0.2) is 4.75 Å². The third-order valence-electron chi connectivity index (χ3n) is 3.05. The first-order valence-electron chi connectivity index (χ1n) is 5.33. The molecule has 0 spiro atoms. The lowest BCUT2D eigenvalue weighted by Gasteiger charge is -2.43. The van der Waals surface area contributed by atoms with Crippen LogP contribution in [0.1, 0.15) is 24.2 Å². The highest BCUT2D eigenvalue weighted by Crippen LogP contribution is 2.44. The minimum atomic E-state index is -3.92. The van der Waals surface area contributed by atoms with Crippen molar-refractivity contribution in [1.29, 1.82) is 0 Å². The molecule has 9 heteroatoms. The number of carboxylic acid groups (broad SMARTS) is 1. The minimum absolute atomic E-state index is 0.176. The molecule has 1 heterocycles. The summed E-state index contributed by atoms with van der Waals surface area (Å²) in [5.74, 6) is -1.99. The van der Waals surface area contributed by atoms with Crippen molar-refractivity contribution in [3.05, 3.63) is 26.6 Å². The van der Waals surface area contributed by atoms with E-state index >= 15 is 0 Å². The first kappa shape index (κ1) is 15.5. The van der Waals surface area contributed by atoms with Crippen LogP contribution in [0.2, 0.25) is 0 Å². The molecule has 20 heavy (non-hydrogen) atoms. The zero-order chi connectivity index (χ0) is 15.5. The predicted molar refractivity (Wildman–Crippen MR) is 79.3 cm³/mol. The fourth-order valence-corrected chi connectivity index (χ4v) is 4.85. The lowest BCUT2D eigenvalue weighted by Crippen LogP contribution is -2.68. The van der Waals surface area contributed by atoms with Gasteiger partial charge < -0.3 is 5.11 Å². The zero-order valence-corrected chi connectivity index (χ0v) is 14.3. The number of benzene rings is 1. The lowest BCUT2D eigenvalue weighted by molar-refractivity contribution is -0.120. The number of nitrogens with zero attached hydrogens (tertiary/aromatic N) is 1. The average molecular weight is 427 g/mol. The number of amides is 1. The number of carbonyl (C=O) groups excluding carboxylic acids is 1. The second-order valence-electron chi connectivity index (χ2n) is 4.67. The van der Waals surface area contributed by atoms with E-state index in [9.17, 15) is 23.1 Å². The van der Waals surface area contributed by atoms with Crippen LogP contribution < -0.4 is 4.31 Å². The number of aromatic carboxylic acids is 1. The monoisotopic (exact) mass is 425 g/mol. The third-order valence-corrected chi connectivity index (χ3v) is 6.40. The molecular formula is C11H9Br2NO5S. The van der Waals surface area contributed by atoms with Crippen LogP contribution in [0.5, 0.6) is 0 Å². The van der Waals surface area contributed by atoms with Crippen LogP contribution >= 0.6 is 31.9 Å². The average Bonchev–Trinajstić information content (AvgIpc) is 2.30. The Morgan fingerprint density at radius 1 is 1.30 bits per heavy atom. The van der Waals surface area contributed by atoms with Crippen LogP contribution in [0.4, 0.5) is 5.69 Å². The molecule has 0 aliphatic carbocycles. The van der Waals surface area contributed by atoms with Gasteiger partial charge in [0.1, 0.15) is 0 Å². The first-order chi connectivity index (χ1) is 9.01. The Bertz CT molecular complexity index is 741. The van der Waals surface area contributed by atoms with E-state index in [0.717, 1.165) is 0 Å². The van der Waals surface area contributed by atoms with Crippen LogP contribution in [0.15, 0.2) is 21.1 Å². The number of hydrogen-bond acceptors (Lipinski definition) is 4. The van der Waals surface area contributed by atoms with E-state index in [0.29, 0.717) is 8.78 Å². The van der Waals surface area contributed by atoms with Crippen LogP contribution in [0.3, 0.4) is 0 Å². The molecule has 1 aromatic carbocycles. The summed E-state index contributed by atoms with van der Waals surface area (Å²) in [6, 6.07) is 2.73. The maximum absolute atomic E-state index is 12.2. The Kier molecular flexibility index (Phi) is 3.51. The van der Waals surface area contributed by atoms with Crippen molar-refractivity contribution < 1.29 is 23.1 Å². The lowest BCUT2D eigenvalue weighted by atomic mass is 10.1. The van der Waals surface area contributed by atoms with E-state index in [1.807, 2.05) is 0 Å². The highest BCUT2D eigenvalue weighted by atomic mass is 79.9. The van der Waals surface area contributed by atoms with Gasteiger partial charge in [-0.2, -0.15) is 0 Å². The second kappa shape index (κ2) is 4.54. The first-order valence-corrected chi connectivity index (χ1v) is 8.36. The van der Waals surface area contributed by atoms with E-state index in [-0.39, 0.29) is 15.7 Å².